The first-order valence-corrected chi connectivity index (χ1v) is 4.78. The third-order valence-electron chi connectivity index (χ3n) is 4.07. The molecule has 2 heterocycles. The van der Waals surface area contributed by atoms with Gasteiger partial charge < -0.3 is 5.32 Å². The summed E-state index contributed by atoms with van der Waals surface area (Å²) in [6.45, 7) is 1.37. The molecule has 0 aromatic heterocycles. The van der Waals surface area contributed by atoms with E-state index in [1.807, 2.05) is 0 Å². The summed E-state index contributed by atoms with van der Waals surface area (Å²) in [5, 5.41) is 5.67. The van der Waals surface area contributed by atoms with Crippen LogP contribution in [0.5, 0.6) is 0 Å². The quantitative estimate of drug-likeness (QED) is 0.489. The Morgan fingerprint density at radius 3 is 2.08 bits per heavy atom. The molecule has 3 fully saturated rings. The monoisotopic (exact) mass is 180 g/mol. The molecule has 1 aliphatic carbocycles. The summed E-state index contributed by atoms with van der Waals surface area (Å²) in [5.74, 6) is -0.0833. The maximum absolute atomic E-state index is 11.7. The second-order valence-electron chi connectivity index (χ2n) is 4.40. The number of amides is 2. The van der Waals surface area contributed by atoms with E-state index in [4.69, 9.17) is 0 Å². The standard InChI is InChI=1S/C9H12N2O2/c12-6-8-2-1-3-9(8,5-10-4-8)7(13)11-6/h10H,1-5H2,(H,11,12,13). The molecule has 3 rings (SSSR count). The zero-order valence-electron chi connectivity index (χ0n) is 7.35. The van der Waals surface area contributed by atoms with Crippen molar-refractivity contribution in [3.63, 3.8) is 0 Å². The Hall–Kier alpha value is -0.900. The van der Waals surface area contributed by atoms with Gasteiger partial charge in [0.15, 0.2) is 0 Å². The topological polar surface area (TPSA) is 58.2 Å². The van der Waals surface area contributed by atoms with Crippen molar-refractivity contribution in [1.29, 1.82) is 0 Å². The fourth-order valence-electron chi connectivity index (χ4n) is 3.34. The van der Waals surface area contributed by atoms with Gasteiger partial charge in [-0.3, -0.25) is 14.9 Å². The van der Waals surface area contributed by atoms with Crippen molar-refractivity contribution in [2.45, 2.75) is 19.3 Å². The van der Waals surface area contributed by atoms with Gasteiger partial charge in [-0.25, -0.2) is 0 Å². The highest BCUT2D eigenvalue weighted by Crippen LogP contribution is 2.58. The number of hydrogen-bond acceptors (Lipinski definition) is 3. The molecular weight excluding hydrogens is 168 g/mol. The molecule has 2 atom stereocenters. The summed E-state index contributed by atoms with van der Waals surface area (Å²) < 4.78 is 0. The number of rotatable bonds is 0. The lowest BCUT2D eigenvalue weighted by atomic mass is 9.70. The molecule has 2 aliphatic heterocycles. The van der Waals surface area contributed by atoms with E-state index in [2.05, 4.69) is 10.6 Å². The van der Waals surface area contributed by atoms with Gasteiger partial charge in [-0.2, -0.15) is 0 Å². The number of carbonyl (C=O) groups is 2. The lowest BCUT2D eigenvalue weighted by Crippen LogP contribution is -2.38. The lowest BCUT2D eigenvalue weighted by molar-refractivity contribution is -0.128. The number of hydrogen-bond donors (Lipinski definition) is 2. The van der Waals surface area contributed by atoms with Crippen LogP contribution in [0.1, 0.15) is 19.3 Å². The Bertz CT molecular complexity index is 273. The summed E-state index contributed by atoms with van der Waals surface area (Å²) in [4.78, 5) is 23.4. The smallest absolute Gasteiger partial charge is 0.235 e. The summed E-state index contributed by atoms with van der Waals surface area (Å²) in [7, 11) is 0. The molecule has 4 heteroatoms. The van der Waals surface area contributed by atoms with Gasteiger partial charge in [0.2, 0.25) is 11.8 Å². The van der Waals surface area contributed by atoms with Crippen molar-refractivity contribution in [2.75, 3.05) is 13.1 Å². The summed E-state index contributed by atoms with van der Waals surface area (Å²) in [6.07, 6.45) is 2.76. The van der Waals surface area contributed by atoms with Crippen molar-refractivity contribution in [1.82, 2.24) is 10.6 Å². The molecule has 70 valence electrons. The van der Waals surface area contributed by atoms with E-state index in [-0.39, 0.29) is 22.6 Å². The Kier molecular flexibility index (Phi) is 1.12. The first-order valence-electron chi connectivity index (χ1n) is 4.78. The van der Waals surface area contributed by atoms with Crippen molar-refractivity contribution in [3.8, 4) is 0 Å². The molecule has 2 unspecified atom stereocenters. The van der Waals surface area contributed by atoms with E-state index in [1.54, 1.807) is 0 Å². The van der Waals surface area contributed by atoms with Crippen molar-refractivity contribution in [3.05, 3.63) is 0 Å². The summed E-state index contributed by atoms with van der Waals surface area (Å²) in [5.41, 5.74) is -0.770. The number of nitrogens with one attached hydrogen (secondary N) is 2. The zero-order valence-corrected chi connectivity index (χ0v) is 7.35. The van der Waals surface area contributed by atoms with Gasteiger partial charge in [-0.05, 0) is 12.8 Å². The number of imide groups is 1. The lowest BCUT2D eigenvalue weighted by Gasteiger charge is -2.26. The van der Waals surface area contributed by atoms with Gasteiger partial charge in [0.1, 0.15) is 0 Å². The molecule has 0 spiro atoms. The molecule has 2 saturated heterocycles. The van der Waals surface area contributed by atoms with Crippen LogP contribution in [0.3, 0.4) is 0 Å². The first kappa shape index (κ1) is 7.50. The molecule has 0 radical (unpaired) electrons. The van der Waals surface area contributed by atoms with Crippen LogP contribution in [-0.4, -0.2) is 24.9 Å². The van der Waals surface area contributed by atoms with Gasteiger partial charge in [0.05, 0.1) is 10.8 Å². The van der Waals surface area contributed by atoms with E-state index in [1.165, 1.54) is 0 Å². The van der Waals surface area contributed by atoms with Crippen molar-refractivity contribution >= 4 is 11.8 Å². The largest absolute Gasteiger partial charge is 0.315 e. The minimum atomic E-state index is -0.385. The van der Waals surface area contributed by atoms with Crippen LogP contribution in [0.4, 0.5) is 0 Å². The Balaban J connectivity index is 2.20. The molecule has 2 N–H and O–H groups in total. The molecule has 0 bridgehead atoms. The van der Waals surface area contributed by atoms with Crippen LogP contribution in [0, 0.1) is 10.8 Å². The molecule has 0 aromatic rings. The third-order valence-corrected chi connectivity index (χ3v) is 4.07. The van der Waals surface area contributed by atoms with E-state index >= 15 is 0 Å². The molecule has 13 heavy (non-hydrogen) atoms. The third kappa shape index (κ3) is 0.572. The Morgan fingerprint density at radius 2 is 1.54 bits per heavy atom. The molecule has 4 nitrogen and oxygen atoms in total. The average molecular weight is 180 g/mol. The maximum atomic E-state index is 11.7. The van der Waals surface area contributed by atoms with Crippen molar-refractivity contribution < 1.29 is 9.59 Å². The second-order valence-corrected chi connectivity index (χ2v) is 4.40. The molecular formula is C9H12N2O2. The van der Waals surface area contributed by atoms with Crippen LogP contribution >= 0.6 is 0 Å². The molecule has 3 aliphatic rings. The fraction of sp³-hybridized carbons (Fsp3) is 0.778. The van der Waals surface area contributed by atoms with E-state index in [9.17, 15) is 9.59 Å². The predicted molar refractivity (Wildman–Crippen MR) is 44.7 cm³/mol. The summed E-state index contributed by atoms with van der Waals surface area (Å²) >= 11 is 0. The van der Waals surface area contributed by atoms with Crippen LogP contribution < -0.4 is 10.6 Å². The van der Waals surface area contributed by atoms with E-state index in [0.717, 1.165) is 19.3 Å². The van der Waals surface area contributed by atoms with Crippen LogP contribution in [0.2, 0.25) is 0 Å². The van der Waals surface area contributed by atoms with Gasteiger partial charge in [-0.15, -0.1) is 0 Å². The molecule has 2 amide bonds. The Morgan fingerprint density at radius 1 is 1.00 bits per heavy atom. The van der Waals surface area contributed by atoms with Crippen molar-refractivity contribution in [2.24, 2.45) is 10.8 Å². The maximum Gasteiger partial charge on any atom is 0.235 e. The highest BCUT2D eigenvalue weighted by molar-refractivity contribution is 6.11. The minimum Gasteiger partial charge on any atom is -0.315 e. The normalized spacial score (nSPS) is 47.7. The van der Waals surface area contributed by atoms with Crippen LogP contribution in [0.25, 0.3) is 0 Å². The van der Waals surface area contributed by atoms with Crippen LogP contribution in [-0.2, 0) is 9.59 Å². The molecule has 1 saturated carbocycles. The zero-order chi connectivity index (χ0) is 9.10. The van der Waals surface area contributed by atoms with Gasteiger partial charge in [0, 0.05) is 13.1 Å². The predicted octanol–water partition coefficient (Wildman–Crippen LogP) is -0.597. The van der Waals surface area contributed by atoms with E-state index in [0.29, 0.717) is 13.1 Å². The van der Waals surface area contributed by atoms with Gasteiger partial charge in [-0.1, -0.05) is 6.42 Å². The molecule has 0 aromatic carbocycles. The van der Waals surface area contributed by atoms with Gasteiger partial charge >= 0.3 is 0 Å². The Labute approximate surface area is 76.1 Å². The fourth-order valence-corrected chi connectivity index (χ4v) is 3.34. The highest BCUT2D eigenvalue weighted by Gasteiger charge is 2.70. The highest BCUT2D eigenvalue weighted by atomic mass is 16.2. The second kappa shape index (κ2) is 1.95. The number of carbonyl (C=O) groups excluding carboxylic acids is 2. The first-order chi connectivity index (χ1) is 6.21. The van der Waals surface area contributed by atoms with E-state index < -0.39 is 0 Å². The van der Waals surface area contributed by atoms with Crippen LogP contribution in [0.15, 0.2) is 0 Å². The minimum absolute atomic E-state index is 0.0417. The van der Waals surface area contributed by atoms with Gasteiger partial charge in [0.25, 0.3) is 0 Å². The summed E-state index contributed by atoms with van der Waals surface area (Å²) in [6, 6.07) is 0. The SMILES string of the molecule is O=C1NC(=O)C23CCCC12CNC3. The average Bonchev–Trinajstić information content (AvgIpc) is 2.61.